The highest BCUT2D eigenvalue weighted by Crippen LogP contribution is 2.35. The second kappa shape index (κ2) is 8.49. The lowest BCUT2D eigenvalue weighted by molar-refractivity contribution is 0.0937. The van der Waals surface area contributed by atoms with Crippen LogP contribution in [0.5, 0.6) is 0 Å². The minimum Gasteiger partial charge on any atom is -0.350 e. The van der Waals surface area contributed by atoms with Gasteiger partial charge >= 0.3 is 0 Å². The van der Waals surface area contributed by atoms with Crippen molar-refractivity contribution in [1.29, 1.82) is 5.26 Å². The fourth-order valence-electron chi connectivity index (χ4n) is 3.63. The quantitative estimate of drug-likeness (QED) is 0.711. The molecule has 2 aromatic rings. The lowest BCUT2D eigenvalue weighted by Crippen LogP contribution is -2.63. The number of carbonyl (C=O) groups excluding carboxylic acids is 1. The lowest BCUT2D eigenvalue weighted by Gasteiger charge is -2.49. The average Bonchev–Trinajstić information content (AvgIpc) is 3.14. The van der Waals surface area contributed by atoms with Gasteiger partial charge in [0.2, 0.25) is 0 Å². The zero-order valence-corrected chi connectivity index (χ0v) is 17.9. The van der Waals surface area contributed by atoms with Crippen molar-refractivity contribution in [2.75, 3.05) is 18.0 Å². The predicted molar refractivity (Wildman–Crippen MR) is 116 cm³/mol. The summed E-state index contributed by atoms with van der Waals surface area (Å²) >= 11 is 0. The molecule has 1 aliphatic rings. The van der Waals surface area contributed by atoms with Gasteiger partial charge in [-0.15, -0.1) is 0 Å². The Bertz CT molecular complexity index is 1000. The van der Waals surface area contributed by atoms with Crippen LogP contribution < -0.4 is 10.2 Å². The minimum absolute atomic E-state index is 0.0351. The van der Waals surface area contributed by atoms with Gasteiger partial charge in [-0.1, -0.05) is 18.2 Å². The van der Waals surface area contributed by atoms with Crippen molar-refractivity contribution < 1.29 is 4.79 Å². The summed E-state index contributed by atoms with van der Waals surface area (Å²) in [5.74, 6) is 0.431. The molecular formula is C22H27N7O. The molecule has 0 atom stereocenters. The van der Waals surface area contributed by atoms with Gasteiger partial charge in [0, 0.05) is 30.9 Å². The van der Waals surface area contributed by atoms with E-state index in [0.29, 0.717) is 25.3 Å². The van der Waals surface area contributed by atoms with Crippen LogP contribution in [0.15, 0.2) is 43.0 Å². The maximum Gasteiger partial charge on any atom is 0.271 e. The zero-order chi connectivity index (χ0) is 21.9. The summed E-state index contributed by atoms with van der Waals surface area (Å²) in [5.41, 5.74) is 2.87. The van der Waals surface area contributed by atoms with E-state index in [1.165, 1.54) is 6.20 Å². The number of aromatic nitrogens is 4. The number of hydrogen-bond donors (Lipinski definition) is 1. The van der Waals surface area contributed by atoms with Gasteiger partial charge in [-0.3, -0.25) is 9.48 Å². The molecular weight excluding hydrogens is 378 g/mol. The first-order chi connectivity index (χ1) is 14.3. The highest BCUT2D eigenvalue weighted by molar-refractivity contribution is 5.92. The molecule has 0 aliphatic carbocycles. The van der Waals surface area contributed by atoms with Crippen LogP contribution in [-0.2, 0) is 5.54 Å². The largest absolute Gasteiger partial charge is 0.350 e. The Morgan fingerprint density at radius 2 is 2.10 bits per heavy atom. The zero-order valence-electron chi connectivity index (χ0n) is 17.9. The third-order valence-corrected chi connectivity index (χ3v) is 5.12. The molecule has 8 nitrogen and oxygen atoms in total. The van der Waals surface area contributed by atoms with E-state index in [1.807, 2.05) is 55.7 Å². The van der Waals surface area contributed by atoms with E-state index in [-0.39, 0.29) is 17.6 Å². The molecule has 1 fully saturated rings. The Kier molecular flexibility index (Phi) is 6.01. The predicted octanol–water partition coefficient (Wildman–Crippen LogP) is 2.92. The van der Waals surface area contributed by atoms with Crippen LogP contribution in [0, 0.1) is 11.3 Å². The fraction of sp³-hybridized carbons (Fsp3) is 0.409. The first kappa shape index (κ1) is 21.2. The Morgan fingerprint density at radius 1 is 1.37 bits per heavy atom. The molecule has 1 saturated heterocycles. The molecule has 0 bridgehead atoms. The van der Waals surface area contributed by atoms with Crippen LogP contribution in [0.25, 0.3) is 5.57 Å². The standard InChI is InChI=1S/C22H27N7O/c1-6-18(15(2)3)17-9-26-29(12-17)22(7-8-23)13-28(14-22)20-11-24-19(10-25-20)21(30)27-16(4)5/h6,9-12,16H,2,7,13-14H2,1,3-5H3,(H,27,30)/b18-6+. The molecule has 0 radical (unpaired) electrons. The Balaban J connectivity index is 1.75. The second-order valence-electron chi connectivity index (χ2n) is 7.96. The van der Waals surface area contributed by atoms with Crippen molar-refractivity contribution >= 4 is 17.3 Å². The summed E-state index contributed by atoms with van der Waals surface area (Å²) in [6.07, 6.45) is 9.22. The van der Waals surface area contributed by atoms with Crippen LogP contribution in [0.3, 0.4) is 0 Å². The van der Waals surface area contributed by atoms with E-state index in [0.717, 1.165) is 16.7 Å². The molecule has 8 heteroatoms. The molecule has 1 aliphatic heterocycles. The molecule has 0 spiro atoms. The van der Waals surface area contributed by atoms with E-state index in [2.05, 4.69) is 33.0 Å². The molecule has 3 rings (SSSR count). The summed E-state index contributed by atoms with van der Waals surface area (Å²) in [7, 11) is 0. The molecule has 1 N–H and O–H groups in total. The molecule has 156 valence electrons. The molecule has 1 amide bonds. The second-order valence-corrected chi connectivity index (χ2v) is 7.96. The van der Waals surface area contributed by atoms with Gasteiger partial charge in [-0.05, 0) is 33.3 Å². The van der Waals surface area contributed by atoms with Crippen molar-refractivity contribution in [1.82, 2.24) is 25.1 Å². The van der Waals surface area contributed by atoms with Crippen molar-refractivity contribution in [2.45, 2.75) is 45.7 Å². The van der Waals surface area contributed by atoms with Crippen LogP contribution in [-0.4, -0.2) is 44.8 Å². The summed E-state index contributed by atoms with van der Waals surface area (Å²) in [4.78, 5) is 22.7. The number of anilines is 1. The molecule has 0 aromatic carbocycles. The molecule has 30 heavy (non-hydrogen) atoms. The summed E-state index contributed by atoms with van der Waals surface area (Å²) in [6.45, 7) is 12.9. The average molecular weight is 406 g/mol. The number of allylic oxidation sites excluding steroid dienone is 3. The topological polar surface area (TPSA) is 99.7 Å². The maximum atomic E-state index is 12.0. The van der Waals surface area contributed by atoms with Gasteiger partial charge in [-0.2, -0.15) is 10.4 Å². The third kappa shape index (κ3) is 4.10. The van der Waals surface area contributed by atoms with Crippen LogP contribution in [0.2, 0.25) is 0 Å². The molecule has 3 heterocycles. The van der Waals surface area contributed by atoms with Gasteiger partial charge in [0.15, 0.2) is 0 Å². The van der Waals surface area contributed by atoms with Crippen LogP contribution >= 0.6 is 0 Å². The van der Waals surface area contributed by atoms with E-state index >= 15 is 0 Å². The van der Waals surface area contributed by atoms with E-state index in [1.54, 1.807) is 6.20 Å². The number of nitrogens with zero attached hydrogens (tertiary/aromatic N) is 6. The van der Waals surface area contributed by atoms with Gasteiger partial charge in [0.1, 0.15) is 17.1 Å². The number of rotatable bonds is 7. The monoisotopic (exact) mass is 405 g/mol. The highest BCUT2D eigenvalue weighted by Gasteiger charge is 2.46. The summed E-state index contributed by atoms with van der Waals surface area (Å²) in [6, 6.07) is 2.32. The van der Waals surface area contributed by atoms with Gasteiger partial charge in [0.05, 0.1) is 31.1 Å². The molecule has 0 unspecified atom stereocenters. The Hall–Kier alpha value is -3.47. The minimum atomic E-state index is -0.420. The maximum absolute atomic E-state index is 12.0. The normalized spacial score (nSPS) is 15.5. The number of hydrogen-bond acceptors (Lipinski definition) is 6. The van der Waals surface area contributed by atoms with Crippen molar-refractivity contribution in [2.24, 2.45) is 0 Å². The van der Waals surface area contributed by atoms with Crippen molar-refractivity contribution in [3.8, 4) is 6.07 Å². The van der Waals surface area contributed by atoms with E-state index < -0.39 is 5.54 Å². The number of carbonyl (C=O) groups is 1. The SMILES string of the molecule is C=C(C)/C(=C\C)c1cnn(C2(CC#N)CN(c3cnc(C(=O)NC(C)C)cn3)C2)c1. The summed E-state index contributed by atoms with van der Waals surface area (Å²) < 4.78 is 1.88. The number of amides is 1. The van der Waals surface area contributed by atoms with Gasteiger partial charge in [-0.25, -0.2) is 9.97 Å². The van der Waals surface area contributed by atoms with Gasteiger partial charge < -0.3 is 10.2 Å². The van der Waals surface area contributed by atoms with Crippen LogP contribution in [0.1, 0.15) is 50.2 Å². The highest BCUT2D eigenvalue weighted by atomic mass is 16.1. The van der Waals surface area contributed by atoms with Crippen LogP contribution in [0.4, 0.5) is 5.82 Å². The van der Waals surface area contributed by atoms with Crippen molar-refractivity contribution in [3.63, 3.8) is 0 Å². The summed E-state index contributed by atoms with van der Waals surface area (Å²) in [5, 5.41) is 16.7. The van der Waals surface area contributed by atoms with E-state index in [9.17, 15) is 10.1 Å². The molecule has 2 aromatic heterocycles. The van der Waals surface area contributed by atoms with E-state index in [4.69, 9.17) is 0 Å². The number of nitriles is 1. The first-order valence-corrected chi connectivity index (χ1v) is 9.92. The molecule has 0 saturated carbocycles. The van der Waals surface area contributed by atoms with Gasteiger partial charge in [0.25, 0.3) is 5.91 Å². The smallest absolute Gasteiger partial charge is 0.271 e. The third-order valence-electron chi connectivity index (χ3n) is 5.12. The fourth-order valence-corrected chi connectivity index (χ4v) is 3.63. The Morgan fingerprint density at radius 3 is 2.63 bits per heavy atom. The lowest BCUT2D eigenvalue weighted by atomic mass is 9.87. The first-order valence-electron chi connectivity index (χ1n) is 9.92. The van der Waals surface area contributed by atoms with Crippen molar-refractivity contribution in [3.05, 3.63) is 54.3 Å². The number of nitrogens with one attached hydrogen (secondary N) is 1. The Labute approximate surface area is 176 Å².